The normalized spacial score (nSPS) is 12.1. The number of rotatable bonds is 0. The lowest BCUT2D eigenvalue weighted by atomic mass is 9.94. The van der Waals surface area contributed by atoms with Crippen LogP contribution >= 0.6 is 69.6 Å². The Balaban J connectivity index is 2.54. The van der Waals surface area contributed by atoms with E-state index in [9.17, 15) is 0 Å². The van der Waals surface area contributed by atoms with Crippen LogP contribution in [0.15, 0.2) is 24.3 Å². The molecule has 4 rings (SSSR count). The van der Waals surface area contributed by atoms with Crippen LogP contribution in [-0.4, -0.2) is 0 Å². The van der Waals surface area contributed by atoms with E-state index in [4.69, 9.17) is 69.6 Å². The van der Waals surface area contributed by atoms with Crippen LogP contribution in [0, 0.1) is 0 Å². The van der Waals surface area contributed by atoms with Gasteiger partial charge in [-0.25, -0.2) is 0 Å². The summed E-state index contributed by atoms with van der Waals surface area (Å²) < 4.78 is 0. The van der Waals surface area contributed by atoms with Crippen molar-refractivity contribution in [1.29, 1.82) is 0 Å². The van der Waals surface area contributed by atoms with Crippen molar-refractivity contribution in [3.8, 4) is 0 Å². The number of benzene rings is 4. The van der Waals surface area contributed by atoms with E-state index in [0.717, 1.165) is 21.5 Å². The van der Waals surface area contributed by atoms with Gasteiger partial charge in [-0.2, -0.15) is 0 Å². The van der Waals surface area contributed by atoms with Crippen molar-refractivity contribution >= 4 is 102 Å². The molecule has 0 saturated carbocycles. The summed E-state index contributed by atoms with van der Waals surface area (Å²) in [5, 5.41) is 6.89. The van der Waals surface area contributed by atoms with E-state index in [2.05, 4.69) is 0 Å². The minimum atomic E-state index is 0.262. The van der Waals surface area contributed by atoms with Gasteiger partial charge in [0.1, 0.15) is 0 Å². The molecular formula is C16H4Cl6. The molecule has 0 aliphatic carbocycles. The lowest BCUT2D eigenvalue weighted by molar-refractivity contribution is 1.77. The number of hydrogen-bond donors (Lipinski definition) is 0. The van der Waals surface area contributed by atoms with E-state index in [1.807, 2.05) is 18.2 Å². The summed E-state index contributed by atoms with van der Waals surface area (Å²) in [5.74, 6) is 0. The smallest absolute Gasteiger partial charge is 0.0791 e. The Morgan fingerprint density at radius 2 is 1.05 bits per heavy atom. The quantitative estimate of drug-likeness (QED) is 0.202. The molecule has 4 aromatic rings. The van der Waals surface area contributed by atoms with Crippen LogP contribution in [0.2, 0.25) is 30.1 Å². The van der Waals surface area contributed by atoms with Gasteiger partial charge in [0.2, 0.25) is 0 Å². The summed E-state index contributed by atoms with van der Waals surface area (Å²) in [7, 11) is 0. The average molecular weight is 409 g/mol. The van der Waals surface area contributed by atoms with Gasteiger partial charge in [-0.15, -0.1) is 0 Å². The first kappa shape index (κ1) is 15.2. The SMILES string of the molecule is Clc1c(Cl)c2ccc3ccc(Cl)c4c(Cl)c(Cl)c(c1Cl)c2c34. The molecule has 0 bridgehead atoms. The average Bonchev–Trinajstić information content (AvgIpc) is 2.51. The van der Waals surface area contributed by atoms with Crippen LogP contribution in [0.4, 0.5) is 0 Å². The van der Waals surface area contributed by atoms with Gasteiger partial charge in [-0.05, 0) is 11.5 Å². The van der Waals surface area contributed by atoms with Gasteiger partial charge in [0.15, 0.2) is 0 Å². The maximum atomic E-state index is 6.45. The minimum Gasteiger partial charge on any atom is -0.0836 e. The molecule has 0 N–H and O–H groups in total. The van der Waals surface area contributed by atoms with E-state index in [1.165, 1.54) is 0 Å². The molecule has 0 saturated heterocycles. The first-order valence-electron chi connectivity index (χ1n) is 6.21. The molecule has 0 amide bonds. The molecule has 0 atom stereocenters. The van der Waals surface area contributed by atoms with Crippen LogP contribution in [-0.2, 0) is 0 Å². The van der Waals surface area contributed by atoms with E-state index < -0.39 is 0 Å². The Labute approximate surface area is 155 Å². The number of hydrogen-bond acceptors (Lipinski definition) is 0. The van der Waals surface area contributed by atoms with Gasteiger partial charge in [0, 0.05) is 26.9 Å². The van der Waals surface area contributed by atoms with E-state index in [0.29, 0.717) is 35.9 Å². The molecule has 6 heteroatoms. The van der Waals surface area contributed by atoms with Gasteiger partial charge in [-0.1, -0.05) is 87.8 Å². The molecule has 0 aromatic heterocycles. The fourth-order valence-corrected chi connectivity index (χ4v) is 4.61. The summed E-state index contributed by atoms with van der Waals surface area (Å²) in [4.78, 5) is 0. The maximum Gasteiger partial charge on any atom is 0.0791 e. The van der Waals surface area contributed by atoms with Crippen LogP contribution in [0.3, 0.4) is 0 Å². The molecule has 110 valence electrons. The molecule has 4 aromatic carbocycles. The van der Waals surface area contributed by atoms with Crippen molar-refractivity contribution in [2.24, 2.45) is 0 Å². The zero-order valence-corrected chi connectivity index (χ0v) is 15.1. The van der Waals surface area contributed by atoms with Gasteiger partial charge in [0.05, 0.1) is 30.1 Å². The van der Waals surface area contributed by atoms with E-state index >= 15 is 0 Å². The summed E-state index contributed by atoms with van der Waals surface area (Å²) in [6.45, 7) is 0. The Morgan fingerprint density at radius 1 is 0.455 bits per heavy atom. The van der Waals surface area contributed by atoms with Crippen molar-refractivity contribution in [3.63, 3.8) is 0 Å². The highest BCUT2D eigenvalue weighted by molar-refractivity contribution is 6.59. The van der Waals surface area contributed by atoms with Crippen molar-refractivity contribution in [3.05, 3.63) is 54.4 Å². The van der Waals surface area contributed by atoms with Crippen LogP contribution in [0.25, 0.3) is 32.3 Å². The van der Waals surface area contributed by atoms with Gasteiger partial charge in [0.25, 0.3) is 0 Å². The molecular weight excluding hydrogens is 405 g/mol. The van der Waals surface area contributed by atoms with Crippen LogP contribution < -0.4 is 0 Å². The minimum absolute atomic E-state index is 0.262. The zero-order valence-electron chi connectivity index (χ0n) is 10.6. The summed E-state index contributed by atoms with van der Waals surface area (Å²) in [6, 6.07) is 7.56. The third kappa shape index (κ3) is 1.80. The summed E-state index contributed by atoms with van der Waals surface area (Å²) in [6.07, 6.45) is 0. The Bertz CT molecular complexity index is 1080. The third-order valence-electron chi connectivity index (χ3n) is 3.86. The molecule has 0 heterocycles. The fraction of sp³-hybridized carbons (Fsp3) is 0. The highest BCUT2D eigenvalue weighted by atomic mass is 35.5. The van der Waals surface area contributed by atoms with Crippen molar-refractivity contribution in [2.45, 2.75) is 0 Å². The monoisotopic (exact) mass is 406 g/mol. The standard InChI is InChI=1S/C16H4Cl6/c17-7-4-2-5-1-3-6-9-8(5)10(7)13(19)14(20)11(9)15(21)16(22)12(6)18/h1-4H. The van der Waals surface area contributed by atoms with Crippen molar-refractivity contribution in [2.75, 3.05) is 0 Å². The third-order valence-corrected chi connectivity index (χ3v) is 6.37. The second-order valence-corrected chi connectivity index (χ2v) is 7.25. The molecule has 0 aliphatic rings. The van der Waals surface area contributed by atoms with Crippen molar-refractivity contribution < 1.29 is 0 Å². The second kappa shape index (κ2) is 5.08. The van der Waals surface area contributed by atoms with E-state index in [1.54, 1.807) is 6.07 Å². The zero-order chi connectivity index (χ0) is 15.8. The molecule has 0 nitrogen and oxygen atoms in total. The fourth-order valence-electron chi connectivity index (χ4n) is 2.91. The lowest BCUT2D eigenvalue weighted by Crippen LogP contribution is -1.90. The lowest BCUT2D eigenvalue weighted by Gasteiger charge is -2.17. The summed E-state index contributed by atoms with van der Waals surface area (Å²) in [5.41, 5.74) is 0. The highest BCUT2D eigenvalue weighted by Gasteiger charge is 2.23. The molecule has 0 aliphatic heterocycles. The largest absolute Gasteiger partial charge is 0.0836 e. The topological polar surface area (TPSA) is 0 Å². The second-order valence-electron chi connectivity index (χ2n) is 4.95. The predicted octanol–water partition coefficient (Wildman–Crippen LogP) is 8.50. The summed E-state index contributed by atoms with van der Waals surface area (Å²) >= 11 is 38.2. The molecule has 0 spiro atoms. The predicted molar refractivity (Wildman–Crippen MR) is 100 cm³/mol. The highest BCUT2D eigenvalue weighted by Crippen LogP contribution is 2.51. The molecule has 22 heavy (non-hydrogen) atoms. The molecule has 0 unspecified atom stereocenters. The maximum absolute atomic E-state index is 6.45. The Kier molecular flexibility index (Phi) is 3.51. The first-order valence-corrected chi connectivity index (χ1v) is 8.47. The van der Waals surface area contributed by atoms with Gasteiger partial charge in [-0.3, -0.25) is 0 Å². The van der Waals surface area contributed by atoms with E-state index in [-0.39, 0.29) is 5.02 Å². The van der Waals surface area contributed by atoms with Gasteiger partial charge >= 0.3 is 0 Å². The molecule has 0 radical (unpaired) electrons. The number of halogens is 6. The van der Waals surface area contributed by atoms with Crippen LogP contribution in [0.1, 0.15) is 0 Å². The van der Waals surface area contributed by atoms with Gasteiger partial charge < -0.3 is 0 Å². The van der Waals surface area contributed by atoms with Crippen molar-refractivity contribution in [1.82, 2.24) is 0 Å². The van der Waals surface area contributed by atoms with Crippen LogP contribution in [0.5, 0.6) is 0 Å². The Hall–Kier alpha value is -0.340. The first-order chi connectivity index (χ1) is 10.4. The Morgan fingerprint density at radius 3 is 1.77 bits per heavy atom. The molecule has 0 fully saturated rings.